The Morgan fingerprint density at radius 2 is 1.81 bits per heavy atom. The van der Waals surface area contributed by atoms with Gasteiger partial charge >= 0.3 is 0 Å². The minimum atomic E-state index is -0.217. The minimum absolute atomic E-state index is 0.0483. The van der Waals surface area contributed by atoms with Crippen LogP contribution in [0.1, 0.15) is 22.5 Å². The zero-order valence-electron chi connectivity index (χ0n) is 15.7. The fourth-order valence-corrected chi connectivity index (χ4v) is 2.95. The van der Waals surface area contributed by atoms with E-state index in [-0.39, 0.29) is 12.5 Å². The van der Waals surface area contributed by atoms with Gasteiger partial charge in [-0.15, -0.1) is 0 Å². The van der Waals surface area contributed by atoms with Gasteiger partial charge in [-0.2, -0.15) is 5.10 Å². The van der Waals surface area contributed by atoms with Gasteiger partial charge in [0.25, 0.3) is 5.91 Å². The molecule has 0 saturated carbocycles. The second-order valence-corrected chi connectivity index (χ2v) is 6.45. The van der Waals surface area contributed by atoms with E-state index in [0.29, 0.717) is 23.9 Å². The lowest BCUT2D eigenvalue weighted by Gasteiger charge is -2.13. The molecular weight excluding hydrogens is 342 g/mol. The molecule has 1 amide bonds. The summed E-state index contributed by atoms with van der Waals surface area (Å²) in [5.41, 5.74) is 10.3. The van der Waals surface area contributed by atoms with Gasteiger partial charge < -0.3 is 15.8 Å². The number of aromatic amines is 1. The van der Waals surface area contributed by atoms with Crippen LogP contribution in [-0.4, -0.2) is 27.7 Å². The maximum Gasteiger partial charge on any atom is 0.262 e. The molecule has 0 unspecified atom stereocenters. The van der Waals surface area contributed by atoms with Crippen molar-refractivity contribution in [1.29, 1.82) is 0 Å². The van der Waals surface area contributed by atoms with Gasteiger partial charge in [-0.05, 0) is 56.2 Å². The predicted octanol–water partition coefficient (Wildman–Crippen LogP) is 2.87. The Bertz CT molecular complexity index is 924. The molecular formula is C20H23N5O2. The van der Waals surface area contributed by atoms with Crippen molar-refractivity contribution in [2.24, 2.45) is 5.73 Å². The number of nitrogens with one attached hydrogen (secondary N) is 2. The van der Waals surface area contributed by atoms with E-state index < -0.39 is 0 Å². The summed E-state index contributed by atoms with van der Waals surface area (Å²) >= 11 is 0. The highest BCUT2D eigenvalue weighted by molar-refractivity contribution is 5.92. The quantitative estimate of drug-likeness (QED) is 0.623. The summed E-state index contributed by atoms with van der Waals surface area (Å²) in [7, 11) is 0. The van der Waals surface area contributed by atoms with Gasteiger partial charge in [-0.25, -0.2) is 4.98 Å². The molecule has 0 aliphatic rings. The topological polar surface area (TPSA) is 106 Å². The number of aryl methyl sites for hydroxylation is 3. The maximum absolute atomic E-state index is 12.2. The highest BCUT2D eigenvalue weighted by atomic mass is 16.5. The third-order valence-electron chi connectivity index (χ3n) is 4.10. The van der Waals surface area contributed by atoms with E-state index in [2.05, 4.69) is 20.5 Å². The van der Waals surface area contributed by atoms with Gasteiger partial charge in [0.05, 0.1) is 6.54 Å². The van der Waals surface area contributed by atoms with Crippen LogP contribution in [0.5, 0.6) is 5.75 Å². The zero-order valence-corrected chi connectivity index (χ0v) is 15.7. The molecule has 0 bridgehead atoms. The third-order valence-corrected chi connectivity index (χ3v) is 4.10. The van der Waals surface area contributed by atoms with Gasteiger partial charge in [0.15, 0.2) is 12.4 Å². The molecule has 0 atom stereocenters. The summed E-state index contributed by atoms with van der Waals surface area (Å²) in [4.78, 5) is 16.5. The van der Waals surface area contributed by atoms with E-state index >= 15 is 0 Å². The molecule has 1 aromatic heterocycles. The molecule has 4 N–H and O–H groups in total. The van der Waals surface area contributed by atoms with Gasteiger partial charge in [0.2, 0.25) is 0 Å². The molecule has 3 aromatic rings. The fraction of sp³-hybridized carbons (Fsp3) is 0.250. The number of hydrogen-bond acceptors (Lipinski definition) is 5. The van der Waals surface area contributed by atoms with Crippen LogP contribution in [0.15, 0.2) is 36.4 Å². The first kappa shape index (κ1) is 18.6. The molecule has 27 heavy (non-hydrogen) atoms. The molecule has 0 saturated heterocycles. The molecule has 0 aliphatic heterocycles. The Morgan fingerprint density at radius 1 is 1.15 bits per heavy atom. The van der Waals surface area contributed by atoms with Crippen LogP contribution >= 0.6 is 0 Å². The molecule has 0 spiro atoms. The molecule has 0 aliphatic carbocycles. The highest BCUT2D eigenvalue weighted by Crippen LogP contribution is 2.24. The number of nitrogens with two attached hydrogens (primary N) is 1. The van der Waals surface area contributed by atoms with E-state index in [1.165, 1.54) is 5.56 Å². The highest BCUT2D eigenvalue weighted by Gasteiger charge is 2.10. The van der Waals surface area contributed by atoms with Crippen molar-refractivity contribution in [3.8, 4) is 17.1 Å². The monoisotopic (exact) mass is 365 g/mol. The number of ether oxygens (including phenoxy) is 1. The number of nitrogens with zero attached hydrogens (tertiary/aromatic N) is 2. The number of carbonyl (C=O) groups is 1. The number of hydrogen-bond donors (Lipinski definition) is 3. The Morgan fingerprint density at radius 3 is 2.41 bits per heavy atom. The van der Waals surface area contributed by atoms with Crippen molar-refractivity contribution < 1.29 is 9.53 Å². The molecule has 0 radical (unpaired) electrons. The summed E-state index contributed by atoms with van der Waals surface area (Å²) in [6.07, 6.45) is 0. The summed E-state index contributed by atoms with van der Waals surface area (Å²) in [6, 6.07) is 11.4. The second kappa shape index (κ2) is 8.01. The smallest absolute Gasteiger partial charge is 0.262 e. The standard InChI is InChI=1S/C20H23N5O2/c1-12-8-13(2)19(14(3)9-12)27-11-18(26)22-16-6-4-15(5-7-16)20-23-17(10-21)24-25-20/h4-9H,10-11,21H2,1-3H3,(H,22,26)(H,23,24,25). The number of amides is 1. The summed E-state index contributed by atoms with van der Waals surface area (Å²) in [6.45, 7) is 6.25. The predicted molar refractivity (Wildman–Crippen MR) is 104 cm³/mol. The van der Waals surface area contributed by atoms with Gasteiger partial charge in [0.1, 0.15) is 11.6 Å². The van der Waals surface area contributed by atoms with Gasteiger partial charge in [0, 0.05) is 11.3 Å². The normalized spacial score (nSPS) is 10.7. The first-order chi connectivity index (χ1) is 13.0. The summed E-state index contributed by atoms with van der Waals surface area (Å²) < 4.78 is 5.72. The van der Waals surface area contributed by atoms with Crippen molar-refractivity contribution in [3.05, 3.63) is 58.9 Å². The molecule has 7 heteroatoms. The van der Waals surface area contributed by atoms with Gasteiger partial charge in [-0.3, -0.25) is 9.89 Å². The van der Waals surface area contributed by atoms with E-state index in [9.17, 15) is 4.79 Å². The molecule has 1 heterocycles. The SMILES string of the molecule is Cc1cc(C)c(OCC(=O)Nc2ccc(-c3n[nH]c(CN)n3)cc2)c(C)c1. The minimum Gasteiger partial charge on any atom is -0.483 e. The molecule has 3 rings (SSSR count). The van der Waals surface area contributed by atoms with Crippen LogP contribution in [0.25, 0.3) is 11.4 Å². The molecule has 2 aromatic carbocycles. The number of H-pyrrole nitrogens is 1. The molecule has 0 fully saturated rings. The van der Waals surface area contributed by atoms with Crippen LogP contribution in [0.3, 0.4) is 0 Å². The number of anilines is 1. The lowest BCUT2D eigenvalue weighted by molar-refractivity contribution is -0.118. The summed E-state index contributed by atoms with van der Waals surface area (Å²) in [5, 5.41) is 9.71. The average Bonchev–Trinajstić information content (AvgIpc) is 3.10. The Balaban J connectivity index is 1.60. The third kappa shape index (κ3) is 4.51. The average molecular weight is 365 g/mol. The van der Waals surface area contributed by atoms with Crippen molar-refractivity contribution in [2.45, 2.75) is 27.3 Å². The lowest BCUT2D eigenvalue weighted by atomic mass is 10.1. The van der Waals surface area contributed by atoms with Crippen molar-refractivity contribution in [1.82, 2.24) is 15.2 Å². The largest absolute Gasteiger partial charge is 0.483 e. The fourth-order valence-electron chi connectivity index (χ4n) is 2.95. The van der Waals surface area contributed by atoms with Crippen LogP contribution in [-0.2, 0) is 11.3 Å². The number of aromatic nitrogens is 3. The second-order valence-electron chi connectivity index (χ2n) is 6.45. The number of carbonyl (C=O) groups excluding carboxylic acids is 1. The zero-order chi connectivity index (χ0) is 19.4. The maximum atomic E-state index is 12.2. The van der Waals surface area contributed by atoms with Crippen LogP contribution in [0.2, 0.25) is 0 Å². The van der Waals surface area contributed by atoms with Crippen molar-refractivity contribution in [3.63, 3.8) is 0 Å². The van der Waals surface area contributed by atoms with E-state index in [1.807, 2.05) is 45.0 Å². The first-order valence-corrected chi connectivity index (χ1v) is 8.68. The number of rotatable bonds is 6. The van der Waals surface area contributed by atoms with Crippen LogP contribution < -0.4 is 15.8 Å². The first-order valence-electron chi connectivity index (χ1n) is 8.68. The van der Waals surface area contributed by atoms with Crippen LogP contribution in [0, 0.1) is 20.8 Å². The molecule has 140 valence electrons. The van der Waals surface area contributed by atoms with Gasteiger partial charge in [-0.1, -0.05) is 17.7 Å². The van der Waals surface area contributed by atoms with E-state index in [0.717, 1.165) is 22.4 Å². The lowest BCUT2D eigenvalue weighted by Crippen LogP contribution is -2.20. The van der Waals surface area contributed by atoms with Crippen molar-refractivity contribution in [2.75, 3.05) is 11.9 Å². The Kier molecular flexibility index (Phi) is 5.52. The van der Waals surface area contributed by atoms with E-state index in [1.54, 1.807) is 12.1 Å². The summed E-state index contributed by atoms with van der Waals surface area (Å²) in [5.74, 6) is 1.74. The molecule has 7 nitrogen and oxygen atoms in total. The van der Waals surface area contributed by atoms with E-state index in [4.69, 9.17) is 10.5 Å². The number of benzene rings is 2. The van der Waals surface area contributed by atoms with Crippen LogP contribution in [0.4, 0.5) is 5.69 Å². The Hall–Kier alpha value is -3.19. The van der Waals surface area contributed by atoms with Crippen molar-refractivity contribution >= 4 is 11.6 Å². The Labute approximate surface area is 158 Å².